The van der Waals surface area contributed by atoms with Gasteiger partial charge in [-0.2, -0.15) is 13.2 Å². The summed E-state index contributed by atoms with van der Waals surface area (Å²) in [4.78, 5) is 4.09. The summed E-state index contributed by atoms with van der Waals surface area (Å²) in [5.41, 5.74) is 6.17. The molecule has 0 unspecified atom stereocenters. The Morgan fingerprint density at radius 2 is 1.84 bits per heavy atom. The predicted octanol–water partition coefficient (Wildman–Crippen LogP) is 4.87. The van der Waals surface area contributed by atoms with E-state index in [4.69, 9.17) is 5.73 Å². The van der Waals surface area contributed by atoms with Crippen LogP contribution in [-0.2, 0) is 6.18 Å². The summed E-state index contributed by atoms with van der Waals surface area (Å²) in [6.45, 7) is 0. The fourth-order valence-electron chi connectivity index (χ4n) is 1.52. The molecule has 0 aliphatic rings. The monoisotopic (exact) mass is 394 g/mol. The maximum Gasteiger partial charge on any atom is 0.416 e. The Morgan fingerprint density at radius 3 is 2.47 bits per heavy atom. The smallest absolute Gasteiger partial charge is 0.397 e. The first-order valence-electron chi connectivity index (χ1n) is 5.08. The first-order valence-corrected chi connectivity index (χ1v) is 6.66. The number of nitrogens with zero attached hydrogens (tertiary/aromatic N) is 1. The average molecular weight is 396 g/mol. The average Bonchev–Trinajstić information content (AvgIpc) is 2.35. The van der Waals surface area contributed by atoms with E-state index in [2.05, 4.69) is 36.8 Å². The van der Waals surface area contributed by atoms with Gasteiger partial charge in [-0.25, -0.2) is 0 Å². The molecule has 0 fully saturated rings. The van der Waals surface area contributed by atoms with Crippen LogP contribution < -0.4 is 5.73 Å². The van der Waals surface area contributed by atoms with Gasteiger partial charge in [0.05, 0.1) is 25.9 Å². The number of alkyl halides is 3. The molecule has 0 radical (unpaired) electrons. The van der Waals surface area contributed by atoms with Gasteiger partial charge in [-0.05, 0) is 44.0 Å². The highest BCUT2D eigenvalue weighted by atomic mass is 79.9. The second kappa shape index (κ2) is 5.13. The fraction of sp³-hybridized carbons (Fsp3) is 0.0833. The van der Waals surface area contributed by atoms with E-state index >= 15 is 0 Å². The van der Waals surface area contributed by atoms with E-state index in [-0.39, 0.29) is 0 Å². The number of pyridine rings is 1. The van der Waals surface area contributed by atoms with Gasteiger partial charge in [0.1, 0.15) is 0 Å². The number of rotatable bonds is 1. The van der Waals surface area contributed by atoms with Crippen molar-refractivity contribution in [2.24, 2.45) is 0 Å². The summed E-state index contributed by atoms with van der Waals surface area (Å²) in [7, 11) is 0. The molecule has 7 heteroatoms. The third-order valence-corrected chi connectivity index (χ3v) is 3.91. The minimum Gasteiger partial charge on any atom is -0.397 e. The van der Waals surface area contributed by atoms with Crippen molar-refractivity contribution in [1.82, 2.24) is 4.98 Å². The zero-order chi connectivity index (χ0) is 14.2. The number of aromatic nitrogens is 1. The van der Waals surface area contributed by atoms with E-state index < -0.39 is 11.7 Å². The number of nitrogens with two attached hydrogens (primary N) is 1. The van der Waals surface area contributed by atoms with Crippen LogP contribution in [0, 0.1) is 0 Å². The van der Waals surface area contributed by atoms with E-state index in [1.807, 2.05) is 0 Å². The van der Waals surface area contributed by atoms with Crippen molar-refractivity contribution in [3.63, 3.8) is 0 Å². The standard InChI is InChI=1S/C12H7Br2F3N2/c13-8-5-19-11(9(14)10(8)18)6-2-1-3-7(4-6)12(15,16)17/h1-5H,(H2,18,19). The molecule has 19 heavy (non-hydrogen) atoms. The molecule has 0 spiro atoms. The molecule has 1 aromatic heterocycles. The van der Waals surface area contributed by atoms with Gasteiger partial charge in [-0.1, -0.05) is 12.1 Å². The molecule has 0 saturated heterocycles. The SMILES string of the molecule is Nc1c(Br)cnc(-c2cccc(C(F)(F)F)c2)c1Br. The van der Waals surface area contributed by atoms with Crippen molar-refractivity contribution >= 4 is 37.5 Å². The largest absolute Gasteiger partial charge is 0.416 e. The van der Waals surface area contributed by atoms with Crippen LogP contribution in [0.1, 0.15) is 5.56 Å². The third-order valence-electron chi connectivity index (χ3n) is 2.47. The van der Waals surface area contributed by atoms with Gasteiger partial charge < -0.3 is 5.73 Å². The topological polar surface area (TPSA) is 38.9 Å². The quantitative estimate of drug-likeness (QED) is 0.747. The maximum atomic E-state index is 12.7. The minimum atomic E-state index is -4.39. The molecule has 0 aliphatic carbocycles. The van der Waals surface area contributed by atoms with Gasteiger partial charge in [0.15, 0.2) is 0 Å². The Labute approximate surface area is 124 Å². The summed E-state index contributed by atoms with van der Waals surface area (Å²) in [5, 5.41) is 0. The van der Waals surface area contributed by atoms with Crippen LogP contribution in [0.2, 0.25) is 0 Å². The van der Waals surface area contributed by atoms with Gasteiger partial charge in [0, 0.05) is 11.8 Å². The molecular formula is C12H7Br2F3N2. The van der Waals surface area contributed by atoms with E-state index in [0.29, 0.717) is 25.9 Å². The van der Waals surface area contributed by atoms with E-state index in [9.17, 15) is 13.2 Å². The van der Waals surface area contributed by atoms with Crippen molar-refractivity contribution in [2.75, 3.05) is 5.73 Å². The molecular weight excluding hydrogens is 389 g/mol. The molecule has 0 amide bonds. The first kappa shape index (κ1) is 14.3. The van der Waals surface area contributed by atoms with Crippen LogP contribution in [0.25, 0.3) is 11.3 Å². The summed E-state index contributed by atoms with van der Waals surface area (Å²) < 4.78 is 39.0. The molecule has 0 atom stereocenters. The third kappa shape index (κ3) is 2.92. The fourth-order valence-corrected chi connectivity index (χ4v) is 2.64. The maximum absolute atomic E-state index is 12.7. The van der Waals surface area contributed by atoms with Crippen molar-refractivity contribution < 1.29 is 13.2 Å². The lowest BCUT2D eigenvalue weighted by Crippen LogP contribution is -2.04. The Bertz CT molecular complexity index is 627. The summed E-state index contributed by atoms with van der Waals surface area (Å²) in [6.07, 6.45) is -2.93. The molecule has 1 aromatic carbocycles. The van der Waals surface area contributed by atoms with Crippen LogP contribution in [0.3, 0.4) is 0 Å². The predicted molar refractivity (Wildman–Crippen MR) is 74.5 cm³/mol. The highest BCUT2D eigenvalue weighted by Crippen LogP contribution is 2.37. The lowest BCUT2D eigenvalue weighted by atomic mass is 10.1. The zero-order valence-corrected chi connectivity index (χ0v) is 12.5. The summed E-state index contributed by atoms with van der Waals surface area (Å²) >= 11 is 6.45. The van der Waals surface area contributed by atoms with Crippen molar-refractivity contribution in [2.45, 2.75) is 6.18 Å². The second-order valence-electron chi connectivity index (χ2n) is 3.76. The van der Waals surface area contributed by atoms with Crippen LogP contribution in [0.5, 0.6) is 0 Å². The van der Waals surface area contributed by atoms with Crippen LogP contribution in [0.4, 0.5) is 18.9 Å². The lowest BCUT2D eigenvalue weighted by molar-refractivity contribution is -0.137. The Morgan fingerprint density at radius 1 is 1.16 bits per heavy atom. The van der Waals surface area contributed by atoms with Gasteiger partial charge in [0.2, 0.25) is 0 Å². The summed E-state index contributed by atoms with van der Waals surface area (Å²) in [5.74, 6) is 0. The van der Waals surface area contributed by atoms with Crippen molar-refractivity contribution in [3.05, 3.63) is 45.0 Å². The first-order chi connectivity index (χ1) is 8.80. The van der Waals surface area contributed by atoms with Crippen LogP contribution >= 0.6 is 31.9 Å². The molecule has 2 aromatic rings. The van der Waals surface area contributed by atoms with Crippen LogP contribution in [-0.4, -0.2) is 4.98 Å². The molecule has 2 rings (SSSR count). The number of benzene rings is 1. The zero-order valence-electron chi connectivity index (χ0n) is 9.30. The number of hydrogen-bond acceptors (Lipinski definition) is 2. The molecule has 0 saturated carbocycles. The lowest BCUT2D eigenvalue weighted by Gasteiger charge is -2.11. The van der Waals surface area contributed by atoms with Gasteiger partial charge >= 0.3 is 6.18 Å². The van der Waals surface area contributed by atoms with Gasteiger partial charge in [0.25, 0.3) is 0 Å². The normalized spacial score (nSPS) is 11.6. The molecule has 2 N–H and O–H groups in total. The number of hydrogen-bond donors (Lipinski definition) is 1. The molecule has 100 valence electrons. The molecule has 1 heterocycles. The van der Waals surface area contributed by atoms with E-state index in [0.717, 1.165) is 12.1 Å². The number of halogens is 5. The molecule has 2 nitrogen and oxygen atoms in total. The highest BCUT2D eigenvalue weighted by molar-refractivity contribution is 9.11. The van der Waals surface area contributed by atoms with Crippen molar-refractivity contribution in [3.8, 4) is 11.3 Å². The minimum absolute atomic E-state index is 0.348. The second-order valence-corrected chi connectivity index (χ2v) is 5.41. The van der Waals surface area contributed by atoms with Gasteiger partial charge in [-0.3, -0.25) is 4.98 Å². The van der Waals surface area contributed by atoms with Crippen LogP contribution in [0.15, 0.2) is 39.4 Å². The molecule has 0 bridgehead atoms. The number of nitrogen functional groups attached to an aromatic ring is 1. The Kier molecular flexibility index (Phi) is 3.87. The Balaban J connectivity index is 2.57. The van der Waals surface area contributed by atoms with Gasteiger partial charge in [-0.15, -0.1) is 0 Å². The highest BCUT2D eigenvalue weighted by Gasteiger charge is 2.30. The van der Waals surface area contributed by atoms with E-state index in [1.54, 1.807) is 6.07 Å². The van der Waals surface area contributed by atoms with Crippen molar-refractivity contribution in [1.29, 1.82) is 0 Å². The number of anilines is 1. The summed E-state index contributed by atoms with van der Waals surface area (Å²) in [6, 6.07) is 4.94. The Hall–Kier alpha value is -1.08. The van der Waals surface area contributed by atoms with E-state index in [1.165, 1.54) is 12.3 Å². The molecule has 0 aliphatic heterocycles.